The van der Waals surface area contributed by atoms with E-state index in [0.717, 1.165) is 51.4 Å². The van der Waals surface area contributed by atoms with Crippen LogP contribution in [0.15, 0.2) is 261 Å². The third kappa shape index (κ3) is 15.2. The van der Waals surface area contributed by atoms with Gasteiger partial charge < -0.3 is 0 Å². The molecule has 0 heteroatoms. The minimum absolute atomic E-state index is 0.0128. The van der Waals surface area contributed by atoms with Gasteiger partial charge in [-0.2, -0.15) is 0 Å². The summed E-state index contributed by atoms with van der Waals surface area (Å²) in [6.07, 6.45) is 35.5. The van der Waals surface area contributed by atoms with E-state index in [-0.39, 0.29) is 32.5 Å². The Morgan fingerprint density at radius 3 is 0.512 bits per heavy atom. The van der Waals surface area contributed by atoms with Gasteiger partial charge in [0.05, 0.1) is 0 Å². The maximum atomic E-state index is 2.72. The van der Waals surface area contributed by atoms with Crippen LogP contribution in [0.5, 0.6) is 0 Å². The highest BCUT2D eigenvalue weighted by atomic mass is 14.5. The van der Waals surface area contributed by atoms with Crippen molar-refractivity contribution in [2.24, 2.45) is 0 Å². The number of benzene rings is 14. The van der Waals surface area contributed by atoms with Crippen LogP contribution < -0.4 is 0 Å². The monoisotopic (exact) mass is 1690 g/mol. The summed E-state index contributed by atoms with van der Waals surface area (Å²) >= 11 is 0. The lowest BCUT2D eigenvalue weighted by Gasteiger charge is -2.34. The van der Waals surface area contributed by atoms with E-state index in [1.54, 1.807) is 50.1 Å². The van der Waals surface area contributed by atoms with Gasteiger partial charge in [-0.1, -0.05) is 406 Å². The molecule has 0 radical (unpaired) electrons. The summed E-state index contributed by atoms with van der Waals surface area (Å²) in [4.78, 5) is 0. The Kier molecular flexibility index (Phi) is 24.8. The predicted molar refractivity (Wildman–Crippen MR) is 559 cm³/mol. The number of hydrogen-bond donors (Lipinski definition) is 0. The molecular formula is C129H142. The maximum Gasteiger partial charge on any atom is 0.0215 e. The zero-order chi connectivity index (χ0) is 89.0. The Bertz CT molecular complexity index is 6470. The van der Waals surface area contributed by atoms with Gasteiger partial charge in [0.25, 0.3) is 0 Å². The van der Waals surface area contributed by atoms with Crippen LogP contribution in [0.3, 0.4) is 0 Å². The largest absolute Gasteiger partial charge is 0.0654 e. The standard InChI is InChI=1S/C129H142/c1-14-24-64-125(65-25-15-2)114-77-94(93-43-42-91-75-90(40-41-92(91)76-93)89-39-38-87-36-34-35-37-88(87)74-89)44-54-104(114)105-55-45-95(78-115(105)125)96-46-56-106-107-57-47-97(80-117(107)126(66-26-16-3,67-27-17-4)116(106)79-96)98-48-58-108-109-59-49-99(82-119(109)127(68-28-18-5,69-29-19-6)118(108)81-98)100-50-60-110-111-61-51-101(84-121(111)128(70-30-20-7,71-31-21-8)120(110)83-100)102-52-62-112-113-63-53-103(124(11,12)13)86-123(113)129(72-32-22-9,73-33-23-10)122(112)85-102/h34-63,74-86H,14-33,64-73H2,1-13H3. The average molecular weight is 1690 g/mol. The van der Waals surface area contributed by atoms with Crippen LogP contribution >= 0.6 is 0 Å². The van der Waals surface area contributed by atoms with Gasteiger partial charge in [-0.15, -0.1) is 0 Å². The third-order valence-electron chi connectivity index (χ3n) is 32.8. The molecule has 5 aliphatic rings. The minimum Gasteiger partial charge on any atom is -0.0654 e. The highest BCUT2D eigenvalue weighted by molar-refractivity contribution is 5.97. The van der Waals surface area contributed by atoms with Gasteiger partial charge >= 0.3 is 0 Å². The second-order valence-electron chi connectivity index (χ2n) is 41.6. The van der Waals surface area contributed by atoms with Crippen molar-refractivity contribution in [3.63, 3.8) is 0 Å². The third-order valence-corrected chi connectivity index (χ3v) is 32.8. The van der Waals surface area contributed by atoms with Crippen LogP contribution in [0.25, 0.3) is 144 Å². The van der Waals surface area contributed by atoms with E-state index >= 15 is 0 Å². The fourth-order valence-electron chi connectivity index (χ4n) is 25.6. The molecular weight excluding hydrogens is 1550 g/mol. The molecule has 19 rings (SSSR count). The summed E-state index contributed by atoms with van der Waals surface area (Å²) in [5.74, 6) is 0. The molecule has 0 spiro atoms. The summed E-state index contributed by atoms with van der Waals surface area (Å²) in [6, 6.07) is 107. The minimum atomic E-state index is -0.104. The van der Waals surface area contributed by atoms with Crippen molar-refractivity contribution in [1.82, 2.24) is 0 Å². The first-order valence-corrected chi connectivity index (χ1v) is 51.5. The second-order valence-corrected chi connectivity index (χ2v) is 41.6. The van der Waals surface area contributed by atoms with Crippen molar-refractivity contribution in [3.8, 4) is 122 Å². The normalized spacial score (nSPS) is 15.0. The fourth-order valence-corrected chi connectivity index (χ4v) is 25.6. The molecule has 0 bridgehead atoms. The maximum absolute atomic E-state index is 2.72. The highest BCUT2D eigenvalue weighted by Gasteiger charge is 2.49. The summed E-state index contributed by atoms with van der Waals surface area (Å²) in [6.45, 7) is 31.2. The van der Waals surface area contributed by atoms with E-state index in [1.165, 1.54) is 296 Å². The summed E-state index contributed by atoms with van der Waals surface area (Å²) in [7, 11) is 0. The van der Waals surface area contributed by atoms with E-state index < -0.39 is 0 Å². The fraction of sp³-hybridized carbons (Fsp3) is 0.380. The molecule has 14 aromatic rings. The molecule has 0 aliphatic heterocycles. The Balaban J connectivity index is 0.653. The number of fused-ring (bicyclic) bond motifs is 17. The van der Waals surface area contributed by atoms with Crippen molar-refractivity contribution in [2.75, 3.05) is 0 Å². The molecule has 0 N–H and O–H groups in total. The molecule has 0 heterocycles. The molecule has 14 aromatic carbocycles. The molecule has 0 saturated carbocycles. The van der Waals surface area contributed by atoms with Crippen molar-refractivity contribution in [1.29, 1.82) is 0 Å². The predicted octanol–water partition coefficient (Wildman–Crippen LogP) is 38.5. The zero-order valence-electron chi connectivity index (χ0n) is 80.5. The molecule has 0 unspecified atom stereocenters. The SMILES string of the molecule is CCCCC1(CCCC)c2cc(-c3ccc4c(c3)C(CCCC)(CCCC)c3cc(-c5ccc6c(c5)C(CCCC)(CCCC)c5cc(-c7ccc8cc(-c9ccc%10ccccc%10c9)ccc8c7)ccc5-6)ccc3-4)ccc2-c2ccc(-c3ccc4c(c3)C(CCCC)(CCCC)c3cc(-c5ccc6c(c5)C(CCCC)(CCCC)c5cc(C(C)(C)C)ccc5-6)ccc3-4)cc21. The van der Waals surface area contributed by atoms with Crippen LogP contribution in [0.4, 0.5) is 0 Å². The van der Waals surface area contributed by atoms with Gasteiger partial charge in [-0.25, -0.2) is 0 Å². The molecule has 658 valence electrons. The van der Waals surface area contributed by atoms with Gasteiger partial charge in [0.2, 0.25) is 0 Å². The van der Waals surface area contributed by atoms with E-state index in [4.69, 9.17) is 0 Å². The topological polar surface area (TPSA) is 0 Å². The van der Waals surface area contributed by atoms with Gasteiger partial charge in [0, 0.05) is 27.1 Å². The van der Waals surface area contributed by atoms with Gasteiger partial charge in [0.15, 0.2) is 0 Å². The van der Waals surface area contributed by atoms with Crippen molar-refractivity contribution in [2.45, 2.75) is 315 Å². The molecule has 129 heavy (non-hydrogen) atoms. The number of hydrogen-bond acceptors (Lipinski definition) is 0. The molecule has 0 saturated heterocycles. The summed E-state index contributed by atoms with van der Waals surface area (Å²) < 4.78 is 0. The van der Waals surface area contributed by atoms with E-state index in [2.05, 4.69) is 351 Å². The molecule has 0 fully saturated rings. The summed E-state index contributed by atoms with van der Waals surface area (Å²) in [5, 5.41) is 5.12. The lowest BCUT2D eigenvalue weighted by atomic mass is 9.69. The smallest absolute Gasteiger partial charge is 0.0215 e. The second kappa shape index (κ2) is 36.4. The Hall–Kier alpha value is -10.4. The van der Waals surface area contributed by atoms with Crippen molar-refractivity contribution >= 4 is 21.5 Å². The van der Waals surface area contributed by atoms with E-state index in [0.29, 0.717) is 0 Å². The first-order valence-electron chi connectivity index (χ1n) is 51.5. The molecule has 0 atom stereocenters. The Morgan fingerprint density at radius 1 is 0.163 bits per heavy atom. The first kappa shape index (κ1) is 87.9. The summed E-state index contributed by atoms with van der Waals surface area (Å²) in [5.41, 5.74) is 47.3. The van der Waals surface area contributed by atoms with Gasteiger partial charge in [-0.05, 0) is 348 Å². The lowest BCUT2D eigenvalue weighted by molar-refractivity contribution is 0.413. The van der Waals surface area contributed by atoms with E-state index in [9.17, 15) is 0 Å². The Labute approximate surface area is 775 Å². The van der Waals surface area contributed by atoms with Crippen molar-refractivity contribution < 1.29 is 0 Å². The Morgan fingerprint density at radius 2 is 0.318 bits per heavy atom. The highest BCUT2D eigenvalue weighted by Crippen LogP contribution is 2.64. The average Bonchev–Trinajstić information content (AvgIpc) is 1.56. The molecule has 5 aliphatic carbocycles. The quantitative estimate of drug-likeness (QED) is 0.0367. The van der Waals surface area contributed by atoms with Gasteiger partial charge in [0.1, 0.15) is 0 Å². The van der Waals surface area contributed by atoms with Gasteiger partial charge in [-0.3, -0.25) is 0 Å². The van der Waals surface area contributed by atoms with Crippen LogP contribution in [0, 0.1) is 0 Å². The number of rotatable bonds is 36. The van der Waals surface area contributed by atoms with Crippen LogP contribution in [-0.4, -0.2) is 0 Å². The van der Waals surface area contributed by atoms with Crippen molar-refractivity contribution in [3.05, 3.63) is 322 Å². The van der Waals surface area contributed by atoms with Crippen LogP contribution in [0.1, 0.15) is 344 Å². The van der Waals surface area contributed by atoms with Crippen LogP contribution in [0.2, 0.25) is 0 Å². The number of unbranched alkanes of at least 4 members (excludes halogenated alkanes) is 10. The lowest BCUT2D eigenvalue weighted by Crippen LogP contribution is -2.26. The van der Waals surface area contributed by atoms with Crippen LogP contribution in [-0.2, 0) is 32.5 Å². The molecule has 0 amide bonds. The van der Waals surface area contributed by atoms with E-state index in [1.807, 2.05) is 0 Å². The first-order chi connectivity index (χ1) is 63.0. The zero-order valence-corrected chi connectivity index (χ0v) is 80.5. The molecule has 0 nitrogen and oxygen atoms in total. The molecule has 0 aromatic heterocycles.